The minimum absolute atomic E-state index is 0.225. The van der Waals surface area contributed by atoms with Gasteiger partial charge in [-0.1, -0.05) is 30.3 Å². The van der Waals surface area contributed by atoms with Gasteiger partial charge in [0.25, 0.3) is 5.56 Å². The lowest BCUT2D eigenvalue weighted by molar-refractivity contribution is 0.142. The van der Waals surface area contributed by atoms with Gasteiger partial charge in [-0.2, -0.15) is 4.98 Å². The first kappa shape index (κ1) is 20.2. The first-order valence-corrected chi connectivity index (χ1v) is 10.2. The summed E-state index contributed by atoms with van der Waals surface area (Å²) in [5.74, 6) is 0.682. The zero-order valence-corrected chi connectivity index (χ0v) is 17.9. The van der Waals surface area contributed by atoms with Crippen molar-refractivity contribution < 1.29 is 4.74 Å². The van der Waals surface area contributed by atoms with Crippen LogP contribution >= 0.6 is 0 Å². The van der Waals surface area contributed by atoms with Gasteiger partial charge in [0, 0.05) is 38.2 Å². The third kappa shape index (κ3) is 3.17. The predicted octanol–water partition coefficient (Wildman–Crippen LogP) is 2.24. The molecule has 0 fully saturated rings. The number of hydrogen-bond donors (Lipinski definition) is 0. The van der Waals surface area contributed by atoms with E-state index in [1.54, 1.807) is 7.05 Å². The molecule has 0 unspecified atom stereocenters. The summed E-state index contributed by atoms with van der Waals surface area (Å²) >= 11 is 0. The van der Waals surface area contributed by atoms with Gasteiger partial charge in [-0.3, -0.25) is 18.3 Å². The van der Waals surface area contributed by atoms with Crippen molar-refractivity contribution in [2.24, 2.45) is 7.05 Å². The van der Waals surface area contributed by atoms with Crippen molar-refractivity contribution in [3.63, 3.8) is 0 Å². The molecule has 0 saturated carbocycles. The van der Waals surface area contributed by atoms with Crippen molar-refractivity contribution in [1.29, 1.82) is 0 Å². The van der Waals surface area contributed by atoms with Gasteiger partial charge in [0.1, 0.15) is 0 Å². The summed E-state index contributed by atoms with van der Waals surface area (Å²) in [5, 5.41) is 0. The van der Waals surface area contributed by atoms with Crippen LogP contribution < -0.4 is 11.2 Å². The van der Waals surface area contributed by atoms with E-state index in [0.29, 0.717) is 30.2 Å². The lowest BCUT2D eigenvalue weighted by Gasteiger charge is -2.09. The second-order valence-corrected chi connectivity index (χ2v) is 7.51. The van der Waals surface area contributed by atoms with Crippen molar-refractivity contribution in [3.05, 3.63) is 68.1 Å². The molecule has 1 aromatic carbocycles. The van der Waals surface area contributed by atoms with Crippen LogP contribution in [0.1, 0.15) is 30.3 Å². The molecule has 0 bridgehead atoms. The fraction of sp³-hybridized carbons (Fsp3) is 0.409. The van der Waals surface area contributed by atoms with Crippen LogP contribution in [-0.4, -0.2) is 36.3 Å². The van der Waals surface area contributed by atoms with Crippen LogP contribution in [0, 0.1) is 13.8 Å². The number of aromatic nitrogens is 5. The zero-order valence-electron chi connectivity index (χ0n) is 17.9. The third-order valence-electron chi connectivity index (χ3n) is 5.69. The van der Waals surface area contributed by atoms with Crippen LogP contribution in [0.15, 0.2) is 39.9 Å². The molecule has 0 amide bonds. The summed E-state index contributed by atoms with van der Waals surface area (Å²) in [4.78, 5) is 31.1. The molecule has 4 rings (SSSR count). The molecular formula is C22H27N5O3. The van der Waals surface area contributed by atoms with E-state index in [2.05, 4.69) is 4.57 Å². The van der Waals surface area contributed by atoms with Gasteiger partial charge in [0.2, 0.25) is 5.78 Å². The highest BCUT2D eigenvalue weighted by molar-refractivity contribution is 5.76. The number of rotatable bonds is 7. The Morgan fingerprint density at radius 1 is 1.03 bits per heavy atom. The molecule has 0 N–H and O–H groups in total. The average molecular weight is 409 g/mol. The lowest BCUT2D eigenvalue weighted by atomic mass is 10.2. The third-order valence-corrected chi connectivity index (χ3v) is 5.69. The van der Waals surface area contributed by atoms with E-state index < -0.39 is 0 Å². The smallest absolute Gasteiger partial charge is 0.332 e. The molecule has 0 aliphatic carbocycles. The van der Waals surface area contributed by atoms with E-state index >= 15 is 0 Å². The fourth-order valence-corrected chi connectivity index (χ4v) is 3.96. The Kier molecular flexibility index (Phi) is 5.34. The zero-order chi connectivity index (χ0) is 21.4. The van der Waals surface area contributed by atoms with E-state index in [-0.39, 0.29) is 17.8 Å². The largest absolute Gasteiger partial charge is 0.382 e. The Morgan fingerprint density at radius 3 is 2.47 bits per heavy atom. The van der Waals surface area contributed by atoms with E-state index in [0.717, 1.165) is 29.9 Å². The first-order valence-electron chi connectivity index (χ1n) is 10.2. The molecule has 158 valence electrons. The van der Waals surface area contributed by atoms with Gasteiger partial charge in [-0.25, -0.2) is 4.79 Å². The Morgan fingerprint density at radius 2 is 1.77 bits per heavy atom. The number of benzene rings is 1. The predicted molar refractivity (Wildman–Crippen MR) is 116 cm³/mol. The van der Waals surface area contributed by atoms with Crippen LogP contribution in [0.2, 0.25) is 0 Å². The Labute approximate surface area is 174 Å². The normalized spacial score (nSPS) is 11.7. The second-order valence-electron chi connectivity index (χ2n) is 7.51. The van der Waals surface area contributed by atoms with Gasteiger partial charge >= 0.3 is 5.69 Å². The molecule has 0 radical (unpaired) electrons. The molecule has 3 heterocycles. The summed E-state index contributed by atoms with van der Waals surface area (Å²) in [6.45, 7) is 8.31. The van der Waals surface area contributed by atoms with Crippen molar-refractivity contribution in [2.75, 3.05) is 13.2 Å². The molecule has 0 aliphatic rings. The highest BCUT2D eigenvalue weighted by atomic mass is 16.5. The second kappa shape index (κ2) is 7.95. The number of ether oxygens (including phenoxy) is 1. The van der Waals surface area contributed by atoms with Crippen molar-refractivity contribution >= 4 is 16.9 Å². The molecule has 8 heteroatoms. The van der Waals surface area contributed by atoms with Crippen LogP contribution in [0.25, 0.3) is 16.9 Å². The lowest BCUT2D eigenvalue weighted by Crippen LogP contribution is -2.39. The van der Waals surface area contributed by atoms with E-state index in [1.807, 2.05) is 55.5 Å². The minimum Gasteiger partial charge on any atom is -0.382 e. The molecule has 0 aliphatic heterocycles. The van der Waals surface area contributed by atoms with Crippen LogP contribution in [0.3, 0.4) is 0 Å². The molecule has 3 aromatic heterocycles. The first-order chi connectivity index (χ1) is 14.5. The summed E-state index contributed by atoms with van der Waals surface area (Å²) in [6.07, 6.45) is 0.846. The monoisotopic (exact) mass is 409 g/mol. The van der Waals surface area contributed by atoms with E-state index in [9.17, 15) is 9.59 Å². The standard InChI is InChI=1S/C22H27N5O3/c1-5-30-13-9-12-25-15(2)16(3)27-18-19(23-21(25)27)24(4)22(29)26(20(18)28)14-17-10-7-6-8-11-17/h6-8,10-11H,5,9,12-14H2,1-4H3. The maximum Gasteiger partial charge on any atom is 0.332 e. The van der Waals surface area contributed by atoms with Gasteiger partial charge in [0.15, 0.2) is 11.2 Å². The van der Waals surface area contributed by atoms with E-state index in [1.165, 1.54) is 9.13 Å². The maximum atomic E-state index is 13.4. The molecule has 4 aromatic rings. The summed E-state index contributed by atoms with van der Waals surface area (Å²) < 4.78 is 12.2. The fourth-order valence-electron chi connectivity index (χ4n) is 3.96. The summed E-state index contributed by atoms with van der Waals surface area (Å²) in [5.41, 5.74) is 3.06. The van der Waals surface area contributed by atoms with Crippen molar-refractivity contribution in [1.82, 2.24) is 23.1 Å². The molecule has 30 heavy (non-hydrogen) atoms. The SMILES string of the molecule is CCOCCCn1c(C)c(C)n2c3c(=O)n(Cc4ccccc4)c(=O)n(C)c3nc12. The highest BCUT2D eigenvalue weighted by Gasteiger charge is 2.22. The molecule has 0 atom stereocenters. The van der Waals surface area contributed by atoms with Crippen molar-refractivity contribution in [3.8, 4) is 0 Å². The van der Waals surface area contributed by atoms with Crippen LogP contribution in [0.5, 0.6) is 0 Å². The number of aryl methyl sites for hydroxylation is 3. The average Bonchev–Trinajstić information content (AvgIpc) is 3.24. The van der Waals surface area contributed by atoms with Gasteiger partial charge < -0.3 is 9.30 Å². The highest BCUT2D eigenvalue weighted by Crippen LogP contribution is 2.21. The van der Waals surface area contributed by atoms with Gasteiger partial charge in [-0.05, 0) is 32.8 Å². The van der Waals surface area contributed by atoms with Crippen molar-refractivity contribution in [2.45, 2.75) is 40.3 Å². The Bertz CT molecular complexity index is 1320. The van der Waals surface area contributed by atoms with Crippen LogP contribution in [0.4, 0.5) is 0 Å². The Hall–Kier alpha value is -3.13. The molecule has 0 saturated heterocycles. The maximum absolute atomic E-state index is 13.4. The topological polar surface area (TPSA) is 75.5 Å². The van der Waals surface area contributed by atoms with Gasteiger partial charge in [0.05, 0.1) is 6.54 Å². The Balaban J connectivity index is 1.91. The summed E-state index contributed by atoms with van der Waals surface area (Å²) in [6, 6.07) is 9.53. The number of imidazole rings is 2. The molecule has 0 spiro atoms. The van der Waals surface area contributed by atoms with Crippen LogP contribution in [-0.2, 0) is 24.9 Å². The minimum atomic E-state index is -0.366. The number of hydrogen-bond acceptors (Lipinski definition) is 4. The molecular weight excluding hydrogens is 382 g/mol. The summed E-state index contributed by atoms with van der Waals surface area (Å²) in [7, 11) is 1.67. The molecule has 8 nitrogen and oxygen atoms in total. The quantitative estimate of drug-likeness (QED) is 0.439. The number of fused-ring (bicyclic) bond motifs is 3. The van der Waals surface area contributed by atoms with E-state index in [4.69, 9.17) is 9.72 Å². The van der Waals surface area contributed by atoms with Gasteiger partial charge in [-0.15, -0.1) is 0 Å². The number of nitrogens with zero attached hydrogens (tertiary/aromatic N) is 5.